The zero-order valence-electron chi connectivity index (χ0n) is 8.43. The van der Waals surface area contributed by atoms with Crippen molar-refractivity contribution in [2.24, 2.45) is 11.7 Å². The number of benzene rings is 1. The molecule has 4 nitrogen and oxygen atoms in total. The van der Waals surface area contributed by atoms with E-state index in [1.165, 1.54) is 12.1 Å². The summed E-state index contributed by atoms with van der Waals surface area (Å²) in [6.45, 7) is 0. The van der Waals surface area contributed by atoms with Gasteiger partial charge in [0.2, 0.25) is 0 Å². The molecule has 16 heavy (non-hydrogen) atoms. The SMILES string of the molecule is Cl.N[C@@H](c1ccc(F)cc1[N+](=O)[O-])C1CC1. The molecule has 6 heteroatoms. The van der Waals surface area contributed by atoms with Crippen LogP contribution < -0.4 is 5.73 Å². The van der Waals surface area contributed by atoms with Crippen LogP contribution in [0.2, 0.25) is 0 Å². The van der Waals surface area contributed by atoms with E-state index in [1.807, 2.05) is 0 Å². The molecule has 0 radical (unpaired) electrons. The highest BCUT2D eigenvalue weighted by Gasteiger charge is 2.33. The van der Waals surface area contributed by atoms with E-state index < -0.39 is 10.7 Å². The van der Waals surface area contributed by atoms with Gasteiger partial charge in [0.25, 0.3) is 5.69 Å². The molecular formula is C10H12ClFN2O2. The first-order valence-electron chi connectivity index (χ1n) is 4.79. The van der Waals surface area contributed by atoms with Gasteiger partial charge in [-0.1, -0.05) is 0 Å². The second kappa shape index (κ2) is 4.76. The number of nitrogens with two attached hydrogens (primary N) is 1. The number of hydrogen-bond donors (Lipinski definition) is 1. The van der Waals surface area contributed by atoms with E-state index in [0.717, 1.165) is 18.9 Å². The van der Waals surface area contributed by atoms with Crippen molar-refractivity contribution in [1.82, 2.24) is 0 Å². The van der Waals surface area contributed by atoms with Crippen molar-refractivity contribution >= 4 is 18.1 Å². The molecule has 1 atom stereocenters. The fraction of sp³-hybridized carbons (Fsp3) is 0.400. The largest absolute Gasteiger partial charge is 0.324 e. The Bertz CT molecular complexity index is 410. The van der Waals surface area contributed by atoms with Gasteiger partial charge in [-0.15, -0.1) is 12.4 Å². The molecule has 0 aliphatic heterocycles. The molecule has 0 heterocycles. The average molecular weight is 247 g/mol. The third-order valence-corrected chi connectivity index (χ3v) is 2.68. The summed E-state index contributed by atoms with van der Waals surface area (Å²) >= 11 is 0. The third-order valence-electron chi connectivity index (χ3n) is 2.68. The summed E-state index contributed by atoms with van der Waals surface area (Å²) in [5.41, 5.74) is 6.08. The van der Waals surface area contributed by atoms with Crippen LogP contribution in [0.1, 0.15) is 24.4 Å². The molecule has 0 amide bonds. The van der Waals surface area contributed by atoms with Gasteiger partial charge in [0.15, 0.2) is 0 Å². The predicted octanol–water partition coefficient (Wildman–Crippen LogP) is 2.57. The van der Waals surface area contributed by atoms with Crippen LogP contribution >= 0.6 is 12.4 Å². The first-order chi connectivity index (χ1) is 7.09. The molecule has 1 fully saturated rings. The molecule has 1 aliphatic carbocycles. The maximum absolute atomic E-state index is 12.8. The number of nitro groups is 1. The fourth-order valence-electron chi connectivity index (χ4n) is 1.67. The summed E-state index contributed by atoms with van der Waals surface area (Å²) in [5, 5.41) is 10.7. The number of nitrogens with zero attached hydrogens (tertiary/aromatic N) is 1. The highest BCUT2D eigenvalue weighted by molar-refractivity contribution is 5.85. The van der Waals surface area contributed by atoms with Gasteiger partial charge in [0.1, 0.15) is 5.82 Å². The Morgan fingerprint density at radius 2 is 2.12 bits per heavy atom. The molecule has 2 rings (SSSR count). The molecule has 2 N–H and O–H groups in total. The van der Waals surface area contributed by atoms with Crippen molar-refractivity contribution < 1.29 is 9.31 Å². The molecular weight excluding hydrogens is 235 g/mol. The minimum atomic E-state index is -0.603. The first-order valence-corrected chi connectivity index (χ1v) is 4.79. The zero-order chi connectivity index (χ0) is 11.0. The number of halogens is 2. The van der Waals surface area contributed by atoms with Gasteiger partial charge in [-0.05, 0) is 30.9 Å². The highest BCUT2D eigenvalue weighted by Crippen LogP contribution is 2.41. The monoisotopic (exact) mass is 246 g/mol. The first kappa shape index (κ1) is 12.9. The molecule has 0 saturated heterocycles. The second-order valence-electron chi connectivity index (χ2n) is 3.82. The number of nitro benzene ring substituents is 1. The fourth-order valence-corrected chi connectivity index (χ4v) is 1.67. The molecule has 0 spiro atoms. The van der Waals surface area contributed by atoms with Crippen LogP contribution in [0.15, 0.2) is 18.2 Å². The van der Waals surface area contributed by atoms with Gasteiger partial charge in [0.05, 0.1) is 11.0 Å². The molecule has 1 saturated carbocycles. The van der Waals surface area contributed by atoms with Gasteiger partial charge in [-0.25, -0.2) is 4.39 Å². The number of rotatable bonds is 3. The third kappa shape index (κ3) is 2.48. The Balaban J connectivity index is 0.00000128. The Kier molecular flexibility index (Phi) is 3.83. The molecule has 1 aromatic rings. The summed E-state index contributed by atoms with van der Waals surface area (Å²) in [6, 6.07) is 3.21. The minimum absolute atomic E-state index is 0. The maximum Gasteiger partial charge on any atom is 0.277 e. The molecule has 1 aromatic carbocycles. The Morgan fingerprint density at radius 3 is 2.62 bits per heavy atom. The van der Waals surface area contributed by atoms with Crippen LogP contribution in [-0.2, 0) is 0 Å². The van der Waals surface area contributed by atoms with E-state index in [-0.39, 0.29) is 24.1 Å². The van der Waals surface area contributed by atoms with Crippen LogP contribution in [0, 0.1) is 21.8 Å². The van der Waals surface area contributed by atoms with Crippen LogP contribution in [0.5, 0.6) is 0 Å². The molecule has 0 bridgehead atoms. The van der Waals surface area contributed by atoms with Crippen molar-refractivity contribution in [1.29, 1.82) is 0 Å². The lowest BCUT2D eigenvalue weighted by molar-refractivity contribution is -0.386. The van der Waals surface area contributed by atoms with E-state index in [1.54, 1.807) is 0 Å². The van der Waals surface area contributed by atoms with Gasteiger partial charge in [-0.3, -0.25) is 10.1 Å². The van der Waals surface area contributed by atoms with E-state index in [9.17, 15) is 14.5 Å². The molecule has 1 aliphatic rings. The van der Waals surface area contributed by atoms with E-state index in [2.05, 4.69) is 0 Å². The van der Waals surface area contributed by atoms with Crippen molar-refractivity contribution in [2.45, 2.75) is 18.9 Å². The van der Waals surface area contributed by atoms with Gasteiger partial charge in [-0.2, -0.15) is 0 Å². The lowest BCUT2D eigenvalue weighted by atomic mass is 10.0. The van der Waals surface area contributed by atoms with E-state index in [4.69, 9.17) is 5.73 Å². The van der Waals surface area contributed by atoms with Crippen LogP contribution in [0.4, 0.5) is 10.1 Å². The van der Waals surface area contributed by atoms with Crippen molar-refractivity contribution in [2.75, 3.05) is 0 Å². The Morgan fingerprint density at radius 1 is 1.50 bits per heavy atom. The van der Waals surface area contributed by atoms with Crippen LogP contribution in [0.25, 0.3) is 0 Å². The predicted molar refractivity (Wildman–Crippen MR) is 60.0 cm³/mol. The lowest BCUT2D eigenvalue weighted by Crippen LogP contribution is -2.14. The quantitative estimate of drug-likeness (QED) is 0.658. The summed E-state index contributed by atoms with van der Waals surface area (Å²) in [6.07, 6.45) is 1.99. The van der Waals surface area contributed by atoms with Crippen molar-refractivity contribution in [3.05, 3.63) is 39.7 Å². The Labute approximate surface area is 98.2 Å². The summed E-state index contributed by atoms with van der Waals surface area (Å²) in [5.74, 6) is -0.289. The van der Waals surface area contributed by atoms with Crippen LogP contribution in [0.3, 0.4) is 0 Å². The zero-order valence-corrected chi connectivity index (χ0v) is 9.24. The molecule has 0 unspecified atom stereocenters. The summed E-state index contributed by atoms with van der Waals surface area (Å²) in [4.78, 5) is 10.1. The standard InChI is InChI=1S/C10H11FN2O2.ClH/c11-7-3-4-8(9(5-7)13(14)15)10(12)6-1-2-6;/h3-6,10H,1-2,12H2;1H/t10-;/m1./s1. The maximum atomic E-state index is 12.8. The van der Waals surface area contributed by atoms with E-state index >= 15 is 0 Å². The van der Waals surface area contributed by atoms with Gasteiger partial charge >= 0.3 is 0 Å². The number of hydrogen-bond acceptors (Lipinski definition) is 3. The average Bonchev–Trinajstić information content (AvgIpc) is 2.99. The van der Waals surface area contributed by atoms with Gasteiger partial charge in [0, 0.05) is 11.6 Å². The smallest absolute Gasteiger partial charge is 0.277 e. The second-order valence-corrected chi connectivity index (χ2v) is 3.82. The summed E-state index contributed by atoms with van der Waals surface area (Å²) in [7, 11) is 0. The summed E-state index contributed by atoms with van der Waals surface area (Å²) < 4.78 is 12.8. The van der Waals surface area contributed by atoms with Crippen LogP contribution in [-0.4, -0.2) is 4.92 Å². The van der Waals surface area contributed by atoms with Gasteiger partial charge < -0.3 is 5.73 Å². The Hall–Kier alpha value is -1.20. The topological polar surface area (TPSA) is 69.2 Å². The highest BCUT2D eigenvalue weighted by atomic mass is 35.5. The van der Waals surface area contributed by atoms with Crippen molar-refractivity contribution in [3.8, 4) is 0 Å². The molecule has 88 valence electrons. The normalized spacial score (nSPS) is 16.4. The van der Waals surface area contributed by atoms with E-state index in [0.29, 0.717) is 11.5 Å². The molecule has 0 aromatic heterocycles. The lowest BCUT2D eigenvalue weighted by Gasteiger charge is -2.10. The minimum Gasteiger partial charge on any atom is -0.324 e. The van der Waals surface area contributed by atoms with Crippen molar-refractivity contribution in [3.63, 3.8) is 0 Å².